The van der Waals surface area contributed by atoms with Crippen LogP contribution in [0.3, 0.4) is 0 Å². The van der Waals surface area contributed by atoms with Gasteiger partial charge in [0.25, 0.3) is 0 Å². The first-order valence-electron chi connectivity index (χ1n) is 5.57. The summed E-state index contributed by atoms with van der Waals surface area (Å²) in [6.45, 7) is 4.00. The van der Waals surface area contributed by atoms with E-state index >= 15 is 0 Å². The first-order chi connectivity index (χ1) is 8.56. The van der Waals surface area contributed by atoms with E-state index in [0.29, 0.717) is 0 Å². The van der Waals surface area contributed by atoms with Crippen molar-refractivity contribution >= 4 is 17.5 Å². The number of nitrogens with zero attached hydrogens (tertiary/aromatic N) is 3. The molecule has 0 spiro atoms. The molecule has 6 nitrogen and oxygen atoms in total. The van der Waals surface area contributed by atoms with E-state index in [1.807, 2.05) is 32.0 Å². The van der Waals surface area contributed by atoms with Crippen molar-refractivity contribution in [1.29, 1.82) is 0 Å². The second-order valence-corrected chi connectivity index (χ2v) is 4.12. The fourth-order valence-electron chi connectivity index (χ4n) is 1.72. The molecule has 1 aromatic heterocycles. The van der Waals surface area contributed by atoms with Crippen molar-refractivity contribution in [3.8, 4) is 0 Å². The fourth-order valence-corrected chi connectivity index (χ4v) is 1.72. The van der Waals surface area contributed by atoms with E-state index in [9.17, 15) is 4.79 Å². The third-order valence-corrected chi connectivity index (χ3v) is 2.61. The third-order valence-electron chi connectivity index (χ3n) is 2.61. The molecule has 18 heavy (non-hydrogen) atoms. The Hall–Kier alpha value is -2.37. The molecule has 0 aliphatic carbocycles. The Balaban J connectivity index is 2.08. The summed E-state index contributed by atoms with van der Waals surface area (Å²) in [4.78, 5) is 15.6. The summed E-state index contributed by atoms with van der Waals surface area (Å²) in [5.74, 6) is 0.00664. The van der Waals surface area contributed by atoms with Gasteiger partial charge in [0.15, 0.2) is 0 Å². The van der Waals surface area contributed by atoms with Gasteiger partial charge in [-0.15, -0.1) is 5.10 Å². The predicted octanol–water partition coefficient (Wildman–Crippen LogP) is 1.12. The second-order valence-electron chi connectivity index (χ2n) is 4.12. The van der Waals surface area contributed by atoms with Crippen LogP contribution in [0.2, 0.25) is 0 Å². The number of anilines is 2. The van der Waals surface area contributed by atoms with E-state index in [2.05, 4.69) is 15.4 Å². The third kappa shape index (κ3) is 2.65. The molecular formula is C12H15N5O. The molecule has 0 unspecified atom stereocenters. The van der Waals surface area contributed by atoms with Crippen LogP contribution in [0.15, 0.2) is 24.5 Å². The molecule has 3 N–H and O–H groups in total. The number of carbonyl (C=O) groups is 1. The van der Waals surface area contributed by atoms with Gasteiger partial charge in [-0.1, -0.05) is 18.2 Å². The lowest BCUT2D eigenvalue weighted by Crippen LogP contribution is -2.20. The molecule has 0 saturated heterocycles. The topological polar surface area (TPSA) is 85.8 Å². The maximum absolute atomic E-state index is 11.9. The highest BCUT2D eigenvalue weighted by atomic mass is 16.2. The number of nitrogens with one attached hydrogen (secondary N) is 1. The minimum absolute atomic E-state index is 0.0952. The lowest BCUT2D eigenvalue weighted by atomic mass is 10.1. The molecule has 1 amide bonds. The van der Waals surface area contributed by atoms with E-state index in [1.54, 1.807) is 0 Å². The number of rotatable bonds is 3. The van der Waals surface area contributed by atoms with Gasteiger partial charge in [-0.25, -0.2) is 9.67 Å². The summed E-state index contributed by atoms with van der Waals surface area (Å²) in [7, 11) is 0. The van der Waals surface area contributed by atoms with Crippen LogP contribution >= 0.6 is 0 Å². The fraction of sp³-hybridized carbons (Fsp3) is 0.250. The highest BCUT2D eigenvalue weighted by Gasteiger charge is 2.08. The summed E-state index contributed by atoms with van der Waals surface area (Å²) >= 11 is 0. The maximum Gasteiger partial charge on any atom is 0.246 e. The average Bonchev–Trinajstić information content (AvgIpc) is 2.69. The molecule has 94 valence electrons. The van der Waals surface area contributed by atoms with Gasteiger partial charge in [-0.2, -0.15) is 0 Å². The second kappa shape index (κ2) is 4.87. The number of hydrogen-bond acceptors (Lipinski definition) is 4. The molecule has 0 bridgehead atoms. The van der Waals surface area contributed by atoms with Crippen LogP contribution in [0.1, 0.15) is 11.1 Å². The Bertz CT molecular complexity index is 555. The monoisotopic (exact) mass is 245 g/mol. The van der Waals surface area contributed by atoms with Crippen molar-refractivity contribution in [3.05, 3.63) is 35.7 Å². The number of benzene rings is 1. The molecule has 2 rings (SSSR count). The van der Waals surface area contributed by atoms with Gasteiger partial charge in [0, 0.05) is 5.69 Å². The van der Waals surface area contributed by atoms with Crippen molar-refractivity contribution < 1.29 is 4.79 Å². The van der Waals surface area contributed by atoms with Crippen LogP contribution in [-0.2, 0) is 11.3 Å². The highest BCUT2D eigenvalue weighted by Crippen LogP contribution is 2.19. The van der Waals surface area contributed by atoms with Crippen LogP contribution in [0.5, 0.6) is 0 Å². The van der Waals surface area contributed by atoms with Gasteiger partial charge in [0.1, 0.15) is 12.9 Å². The number of carbonyl (C=O) groups excluding carboxylic acids is 1. The Morgan fingerprint density at radius 1 is 1.39 bits per heavy atom. The van der Waals surface area contributed by atoms with Gasteiger partial charge >= 0.3 is 0 Å². The molecule has 2 aromatic rings. The quantitative estimate of drug-likeness (QED) is 0.848. The number of nitrogens with two attached hydrogens (primary N) is 1. The molecular weight excluding hydrogens is 230 g/mol. The largest absolute Gasteiger partial charge is 0.367 e. The van der Waals surface area contributed by atoms with Crippen molar-refractivity contribution in [2.75, 3.05) is 11.1 Å². The molecule has 0 aliphatic rings. The molecule has 6 heteroatoms. The van der Waals surface area contributed by atoms with Gasteiger partial charge < -0.3 is 11.1 Å². The van der Waals surface area contributed by atoms with Crippen molar-refractivity contribution in [3.63, 3.8) is 0 Å². The van der Waals surface area contributed by atoms with Gasteiger partial charge in [-0.3, -0.25) is 4.79 Å². The zero-order valence-electron chi connectivity index (χ0n) is 10.3. The predicted molar refractivity (Wildman–Crippen MR) is 69.0 cm³/mol. The molecule has 0 aliphatic heterocycles. The van der Waals surface area contributed by atoms with Crippen molar-refractivity contribution in [1.82, 2.24) is 14.8 Å². The molecule has 1 heterocycles. The lowest BCUT2D eigenvalue weighted by molar-refractivity contribution is -0.116. The Kier molecular flexibility index (Phi) is 3.27. The molecule has 0 radical (unpaired) electrons. The van der Waals surface area contributed by atoms with Crippen LogP contribution < -0.4 is 11.1 Å². The van der Waals surface area contributed by atoms with Crippen LogP contribution in [-0.4, -0.2) is 20.7 Å². The van der Waals surface area contributed by atoms with E-state index in [4.69, 9.17) is 5.73 Å². The molecule has 0 fully saturated rings. The number of amides is 1. The van der Waals surface area contributed by atoms with Crippen LogP contribution in [0.4, 0.5) is 11.6 Å². The Labute approximate surface area is 105 Å². The van der Waals surface area contributed by atoms with Crippen molar-refractivity contribution in [2.24, 2.45) is 0 Å². The smallest absolute Gasteiger partial charge is 0.246 e. The summed E-state index contributed by atoms with van der Waals surface area (Å²) in [6, 6.07) is 5.87. The van der Waals surface area contributed by atoms with Gasteiger partial charge in [0.2, 0.25) is 11.9 Å². The normalized spacial score (nSPS) is 10.3. The lowest BCUT2D eigenvalue weighted by Gasteiger charge is -2.11. The zero-order chi connectivity index (χ0) is 13.1. The van der Waals surface area contributed by atoms with E-state index < -0.39 is 0 Å². The van der Waals surface area contributed by atoms with Crippen LogP contribution in [0, 0.1) is 13.8 Å². The first kappa shape index (κ1) is 12.1. The van der Waals surface area contributed by atoms with Gasteiger partial charge in [0.05, 0.1) is 0 Å². The SMILES string of the molecule is Cc1cccc(C)c1NC(=O)Cn1cnc(N)n1. The summed E-state index contributed by atoms with van der Waals surface area (Å²) in [5.41, 5.74) is 8.28. The minimum atomic E-state index is -0.155. The number of aryl methyl sites for hydroxylation is 2. The Morgan fingerprint density at radius 2 is 2.06 bits per heavy atom. The molecule has 1 aromatic carbocycles. The van der Waals surface area contributed by atoms with Gasteiger partial charge in [-0.05, 0) is 25.0 Å². The van der Waals surface area contributed by atoms with Crippen molar-refractivity contribution in [2.45, 2.75) is 20.4 Å². The standard InChI is InChI=1S/C12H15N5O/c1-8-4-3-5-9(2)11(8)15-10(18)6-17-7-14-12(13)16-17/h3-5,7H,6H2,1-2H3,(H2,13,16)(H,15,18). The molecule has 0 atom stereocenters. The number of nitrogen functional groups attached to an aromatic ring is 1. The number of para-hydroxylation sites is 1. The number of aromatic nitrogens is 3. The summed E-state index contributed by atoms with van der Waals surface area (Å²) in [5, 5.41) is 6.73. The van der Waals surface area contributed by atoms with E-state index in [1.165, 1.54) is 11.0 Å². The summed E-state index contributed by atoms with van der Waals surface area (Å²) in [6.07, 6.45) is 1.43. The first-order valence-corrected chi connectivity index (χ1v) is 5.57. The van der Waals surface area contributed by atoms with E-state index in [-0.39, 0.29) is 18.4 Å². The summed E-state index contributed by atoms with van der Waals surface area (Å²) < 4.78 is 1.40. The minimum Gasteiger partial charge on any atom is -0.367 e. The average molecular weight is 245 g/mol. The van der Waals surface area contributed by atoms with E-state index in [0.717, 1.165) is 16.8 Å². The Morgan fingerprint density at radius 3 is 2.61 bits per heavy atom. The zero-order valence-corrected chi connectivity index (χ0v) is 10.3. The van der Waals surface area contributed by atoms with Crippen LogP contribution in [0.25, 0.3) is 0 Å². The number of hydrogen-bond donors (Lipinski definition) is 2. The maximum atomic E-state index is 11.9. The highest BCUT2D eigenvalue weighted by molar-refractivity contribution is 5.92. The molecule has 0 saturated carbocycles.